The average Bonchev–Trinajstić information content (AvgIpc) is 3.30. The van der Waals surface area contributed by atoms with Crippen LogP contribution in [0.15, 0.2) is 17.8 Å². The second-order valence-electron chi connectivity index (χ2n) is 11.1. The summed E-state index contributed by atoms with van der Waals surface area (Å²) in [6.07, 6.45) is 2.10. The number of benzene rings is 1. The van der Waals surface area contributed by atoms with Gasteiger partial charge in [0, 0.05) is 18.8 Å². The van der Waals surface area contributed by atoms with Gasteiger partial charge in [0.25, 0.3) is 5.91 Å². The first-order chi connectivity index (χ1) is 17.3. The predicted molar refractivity (Wildman–Crippen MR) is 136 cm³/mol. The lowest BCUT2D eigenvalue weighted by molar-refractivity contribution is -0.127. The highest BCUT2D eigenvalue weighted by Crippen LogP contribution is 2.52. The van der Waals surface area contributed by atoms with E-state index in [4.69, 9.17) is 18.3 Å². The molecule has 37 heavy (non-hydrogen) atoms. The van der Waals surface area contributed by atoms with Gasteiger partial charge in [-0.3, -0.25) is 28.3 Å². The summed E-state index contributed by atoms with van der Waals surface area (Å²) in [5.41, 5.74) is 1.03. The minimum absolute atomic E-state index is 0.0334. The first kappa shape index (κ1) is 29.2. The molecule has 2 amide bonds. The number of hydrogen-bond donors (Lipinski definition) is 1. The van der Waals surface area contributed by atoms with E-state index in [1.807, 2.05) is 26.8 Å². The Bertz CT molecular complexity index is 1060. The number of nitrogens with zero attached hydrogens (tertiary/aromatic N) is 1. The largest absolute Gasteiger partial charge is 0.426 e. The Kier molecular flexibility index (Phi) is 9.11. The second-order valence-corrected chi connectivity index (χ2v) is 12.2. The monoisotopic (exact) mass is 538 g/mol. The van der Waals surface area contributed by atoms with Crippen molar-refractivity contribution in [1.29, 1.82) is 0 Å². The lowest BCUT2D eigenvalue weighted by Gasteiger charge is -2.33. The topological polar surface area (TPSA) is 103 Å². The van der Waals surface area contributed by atoms with Gasteiger partial charge in [0.1, 0.15) is 17.8 Å². The van der Waals surface area contributed by atoms with Crippen LogP contribution in [0.4, 0.5) is 4.39 Å². The maximum atomic E-state index is 15.4. The third-order valence-corrected chi connectivity index (χ3v) is 7.25. The Balaban J connectivity index is 1.69. The molecule has 1 N–H and O–H groups in total. The molecule has 3 atom stereocenters. The van der Waals surface area contributed by atoms with Gasteiger partial charge in [-0.1, -0.05) is 41.5 Å². The summed E-state index contributed by atoms with van der Waals surface area (Å²) in [7, 11) is -0.399. The fourth-order valence-electron chi connectivity index (χ4n) is 4.12. The Morgan fingerprint density at radius 3 is 2.43 bits per heavy atom. The third kappa shape index (κ3) is 6.74. The van der Waals surface area contributed by atoms with Gasteiger partial charge in [-0.05, 0) is 35.3 Å². The van der Waals surface area contributed by atoms with E-state index in [0.717, 1.165) is 16.7 Å². The van der Waals surface area contributed by atoms with Gasteiger partial charge in [-0.15, -0.1) is 0 Å². The van der Waals surface area contributed by atoms with Crippen LogP contribution in [-0.2, 0) is 45.6 Å². The molecule has 1 fully saturated rings. The number of halogens is 1. The number of aldehydes is 1. The quantitative estimate of drug-likeness (QED) is 0.172. The zero-order valence-electron chi connectivity index (χ0n) is 22.4. The van der Waals surface area contributed by atoms with Crippen molar-refractivity contribution in [2.24, 2.45) is 0 Å². The number of rotatable bonds is 8. The molecule has 204 valence electrons. The van der Waals surface area contributed by atoms with Crippen LogP contribution < -0.4 is 9.84 Å². The number of carbonyl (C=O) groups excluding carboxylic acids is 3. The van der Waals surface area contributed by atoms with Gasteiger partial charge < -0.3 is 14.6 Å². The van der Waals surface area contributed by atoms with E-state index in [1.54, 1.807) is 0 Å². The number of hydrogen-bond acceptors (Lipinski definition) is 7. The lowest BCUT2D eigenvalue weighted by Crippen LogP contribution is -2.32. The lowest BCUT2D eigenvalue weighted by atomic mass is 9.78. The molecule has 2 aliphatic rings. The molecule has 3 unspecified atom stereocenters. The smallest absolute Gasteiger partial charge is 0.397 e. The summed E-state index contributed by atoms with van der Waals surface area (Å²) in [5, 5.41) is 2.34. The number of fused-ring (bicyclic) bond motifs is 1. The maximum Gasteiger partial charge on any atom is 0.397 e. The number of ether oxygens (including phenoxy) is 1. The summed E-state index contributed by atoms with van der Waals surface area (Å²) in [6, 6.07) is 1.88. The molecule has 0 saturated carbocycles. The van der Waals surface area contributed by atoms with Gasteiger partial charge >= 0.3 is 8.60 Å². The number of amides is 2. The molecular formula is C26H36FN2O7P. The molecule has 11 heteroatoms. The van der Waals surface area contributed by atoms with E-state index in [9.17, 15) is 14.4 Å². The third-order valence-electron chi connectivity index (χ3n) is 6.21. The molecule has 1 saturated heterocycles. The van der Waals surface area contributed by atoms with Crippen molar-refractivity contribution in [3.63, 3.8) is 0 Å². The van der Waals surface area contributed by atoms with E-state index in [-0.39, 0.29) is 41.5 Å². The SMILES string of the molecule is CNC(=O)/C(C=O)=C\N(C=O)C1CCC(COP2OCc3c(F)c(C(C)(C)C)cc(C(C)(C)C)c3O2)O1. The molecule has 2 heterocycles. The molecule has 3 rings (SSSR count). The fourth-order valence-corrected chi connectivity index (χ4v) is 5.18. The minimum Gasteiger partial charge on any atom is -0.426 e. The van der Waals surface area contributed by atoms with E-state index < -0.39 is 20.7 Å². The Hall–Kier alpha value is -2.39. The first-order valence-corrected chi connectivity index (χ1v) is 13.3. The summed E-state index contributed by atoms with van der Waals surface area (Å²) in [6.45, 7) is 12.2. The van der Waals surface area contributed by atoms with Crippen molar-refractivity contribution < 1.29 is 37.1 Å². The molecule has 1 aromatic carbocycles. The van der Waals surface area contributed by atoms with Crippen molar-refractivity contribution in [3.05, 3.63) is 40.3 Å². The van der Waals surface area contributed by atoms with Crippen LogP contribution in [-0.4, -0.2) is 49.5 Å². The van der Waals surface area contributed by atoms with Gasteiger partial charge in [0.2, 0.25) is 6.41 Å². The van der Waals surface area contributed by atoms with Crippen LogP contribution in [0.2, 0.25) is 0 Å². The molecule has 9 nitrogen and oxygen atoms in total. The molecule has 0 aliphatic carbocycles. The standard InChI is InChI=1S/C26H36FN2O7P/c1-25(2,3)19-10-20(26(4,5)6)23-18(22(19)27)14-34-37(36-23)33-13-17-8-9-21(35-17)29(15-31)11-16(12-30)24(32)28-7/h10-12,15,17,21H,8-9,13-14H2,1-7H3,(H,28,32)/b16-11-. The molecule has 0 bridgehead atoms. The summed E-state index contributed by atoms with van der Waals surface area (Å²) < 4.78 is 39.0. The van der Waals surface area contributed by atoms with E-state index in [2.05, 4.69) is 26.1 Å². The van der Waals surface area contributed by atoms with Crippen molar-refractivity contribution in [2.45, 2.75) is 84.2 Å². The van der Waals surface area contributed by atoms with Gasteiger partial charge in [0.05, 0.1) is 30.5 Å². The second kappa shape index (κ2) is 11.6. The molecule has 0 radical (unpaired) electrons. The van der Waals surface area contributed by atoms with Gasteiger partial charge in [-0.2, -0.15) is 0 Å². The molecule has 0 aromatic heterocycles. The summed E-state index contributed by atoms with van der Waals surface area (Å²) >= 11 is 0. The van der Waals surface area contributed by atoms with Gasteiger partial charge in [0.15, 0.2) is 6.29 Å². The normalized spacial score (nSPS) is 22.2. The van der Waals surface area contributed by atoms with Crippen LogP contribution in [0.25, 0.3) is 0 Å². The zero-order valence-corrected chi connectivity index (χ0v) is 23.3. The van der Waals surface area contributed by atoms with Gasteiger partial charge in [-0.25, -0.2) is 4.39 Å². The number of carbonyl (C=O) groups is 3. The van der Waals surface area contributed by atoms with Crippen LogP contribution >= 0.6 is 8.60 Å². The Morgan fingerprint density at radius 2 is 1.86 bits per heavy atom. The van der Waals surface area contributed by atoms with E-state index in [0.29, 0.717) is 42.4 Å². The van der Waals surface area contributed by atoms with Crippen molar-refractivity contribution >= 4 is 27.2 Å². The zero-order chi connectivity index (χ0) is 27.5. The molecular weight excluding hydrogens is 502 g/mol. The maximum absolute atomic E-state index is 15.4. The number of nitrogens with one attached hydrogen (secondary N) is 1. The van der Waals surface area contributed by atoms with Crippen LogP contribution in [0.5, 0.6) is 5.75 Å². The van der Waals surface area contributed by atoms with Crippen LogP contribution in [0.3, 0.4) is 0 Å². The summed E-state index contributed by atoms with van der Waals surface area (Å²) in [4.78, 5) is 35.7. The highest BCUT2D eigenvalue weighted by Gasteiger charge is 2.37. The Morgan fingerprint density at radius 1 is 1.19 bits per heavy atom. The highest BCUT2D eigenvalue weighted by atomic mass is 31.2. The van der Waals surface area contributed by atoms with E-state index >= 15 is 4.39 Å². The highest BCUT2D eigenvalue weighted by molar-refractivity contribution is 7.42. The fraction of sp³-hybridized carbons (Fsp3) is 0.577. The predicted octanol–water partition coefficient (Wildman–Crippen LogP) is 4.37. The number of likely N-dealkylation sites (N-methyl/N-ethyl adjacent to an activating group) is 1. The molecule has 1 aromatic rings. The first-order valence-electron chi connectivity index (χ1n) is 12.2. The van der Waals surface area contributed by atoms with Crippen molar-refractivity contribution in [3.8, 4) is 5.75 Å². The Labute approximate surface area is 218 Å². The van der Waals surface area contributed by atoms with E-state index in [1.165, 1.54) is 7.05 Å². The van der Waals surface area contributed by atoms with Crippen molar-refractivity contribution in [2.75, 3.05) is 13.7 Å². The molecule has 2 aliphatic heterocycles. The summed E-state index contributed by atoms with van der Waals surface area (Å²) in [5.74, 6) is -0.455. The van der Waals surface area contributed by atoms with Crippen LogP contribution in [0, 0.1) is 5.82 Å². The minimum atomic E-state index is -1.79. The van der Waals surface area contributed by atoms with Crippen LogP contribution in [0.1, 0.15) is 71.1 Å². The molecule has 0 spiro atoms. The average molecular weight is 539 g/mol. The van der Waals surface area contributed by atoms with Crippen molar-refractivity contribution in [1.82, 2.24) is 10.2 Å².